The van der Waals surface area contributed by atoms with Crippen molar-refractivity contribution in [2.24, 2.45) is 0 Å². The summed E-state index contributed by atoms with van der Waals surface area (Å²) in [6.07, 6.45) is 3.93. The van der Waals surface area contributed by atoms with E-state index in [0.717, 1.165) is 18.2 Å². The smallest absolute Gasteiger partial charge is 0.275 e. The van der Waals surface area contributed by atoms with Gasteiger partial charge < -0.3 is 9.42 Å². The Bertz CT molecular complexity index is 1010. The lowest BCUT2D eigenvalue weighted by Gasteiger charge is -2.22. The van der Waals surface area contributed by atoms with Gasteiger partial charge in [-0.15, -0.1) is 0 Å². The number of aryl methyl sites for hydroxylation is 1. The van der Waals surface area contributed by atoms with Gasteiger partial charge in [0, 0.05) is 18.4 Å². The van der Waals surface area contributed by atoms with E-state index in [0.29, 0.717) is 30.1 Å². The van der Waals surface area contributed by atoms with Crippen molar-refractivity contribution in [2.45, 2.75) is 38.8 Å². The molecule has 1 fully saturated rings. The van der Waals surface area contributed by atoms with E-state index >= 15 is 0 Å². The van der Waals surface area contributed by atoms with Crippen molar-refractivity contribution in [3.8, 4) is 0 Å². The topological polar surface area (TPSA) is 94.1 Å². The fourth-order valence-corrected chi connectivity index (χ4v) is 3.33. The molecule has 2 aromatic heterocycles. The van der Waals surface area contributed by atoms with Crippen LogP contribution in [0.3, 0.4) is 0 Å². The molecule has 0 radical (unpaired) electrons. The van der Waals surface area contributed by atoms with Crippen LogP contribution < -0.4 is 5.56 Å². The maximum Gasteiger partial charge on any atom is 0.275 e. The van der Waals surface area contributed by atoms with Gasteiger partial charge in [0.15, 0.2) is 5.82 Å². The Morgan fingerprint density at radius 3 is 3.00 bits per heavy atom. The van der Waals surface area contributed by atoms with Crippen LogP contribution in [-0.2, 0) is 17.8 Å². The van der Waals surface area contributed by atoms with Crippen LogP contribution in [0, 0.1) is 0 Å². The third kappa shape index (κ3) is 2.87. The van der Waals surface area contributed by atoms with E-state index in [9.17, 15) is 9.59 Å². The Morgan fingerprint density at radius 2 is 2.19 bits per heavy atom. The van der Waals surface area contributed by atoms with Crippen LogP contribution >= 0.6 is 0 Å². The first kappa shape index (κ1) is 16.4. The van der Waals surface area contributed by atoms with Crippen molar-refractivity contribution in [2.75, 3.05) is 6.54 Å². The van der Waals surface area contributed by atoms with Gasteiger partial charge in [-0.2, -0.15) is 10.1 Å². The molecular formula is C18H19N5O3. The first-order chi connectivity index (χ1) is 12.7. The molecule has 0 aliphatic carbocycles. The van der Waals surface area contributed by atoms with Gasteiger partial charge in [-0.25, -0.2) is 4.68 Å². The summed E-state index contributed by atoms with van der Waals surface area (Å²) in [5, 5.41) is 9.37. The molecule has 3 heterocycles. The quantitative estimate of drug-likeness (QED) is 0.709. The zero-order valence-corrected chi connectivity index (χ0v) is 14.5. The van der Waals surface area contributed by atoms with Crippen molar-refractivity contribution in [1.29, 1.82) is 0 Å². The van der Waals surface area contributed by atoms with E-state index in [1.54, 1.807) is 23.2 Å². The average molecular weight is 353 g/mol. The molecule has 1 saturated heterocycles. The van der Waals surface area contributed by atoms with Gasteiger partial charge in [0.1, 0.15) is 12.6 Å². The molecule has 0 saturated carbocycles. The predicted octanol–water partition coefficient (Wildman–Crippen LogP) is 1.71. The molecule has 1 atom stereocenters. The molecule has 8 nitrogen and oxygen atoms in total. The maximum atomic E-state index is 12.8. The van der Waals surface area contributed by atoms with E-state index in [1.807, 2.05) is 19.1 Å². The molecule has 0 bridgehead atoms. The summed E-state index contributed by atoms with van der Waals surface area (Å²) in [4.78, 5) is 31.4. The Kier molecular flexibility index (Phi) is 4.24. The van der Waals surface area contributed by atoms with Crippen LogP contribution in [0.4, 0.5) is 0 Å². The highest BCUT2D eigenvalue weighted by Crippen LogP contribution is 2.31. The molecule has 0 spiro atoms. The molecule has 1 aliphatic rings. The van der Waals surface area contributed by atoms with Crippen LogP contribution in [0.1, 0.15) is 37.5 Å². The Balaban J connectivity index is 1.57. The van der Waals surface area contributed by atoms with Crippen LogP contribution in [0.25, 0.3) is 10.8 Å². The third-order valence-electron chi connectivity index (χ3n) is 4.71. The number of fused-ring (bicyclic) bond motifs is 1. The molecule has 1 amide bonds. The van der Waals surface area contributed by atoms with Crippen molar-refractivity contribution in [1.82, 2.24) is 24.8 Å². The first-order valence-corrected chi connectivity index (χ1v) is 8.74. The lowest BCUT2D eigenvalue weighted by molar-refractivity contribution is -0.133. The summed E-state index contributed by atoms with van der Waals surface area (Å²) in [6.45, 7) is 2.45. The van der Waals surface area contributed by atoms with E-state index in [-0.39, 0.29) is 24.1 Å². The highest BCUT2D eigenvalue weighted by atomic mass is 16.5. The Labute approximate surface area is 149 Å². The lowest BCUT2D eigenvalue weighted by Crippen LogP contribution is -2.37. The first-order valence-electron chi connectivity index (χ1n) is 8.74. The Hall–Kier alpha value is -3.03. The summed E-state index contributed by atoms with van der Waals surface area (Å²) in [6, 6.07) is 6.99. The molecule has 1 aromatic carbocycles. The molecule has 0 unspecified atom stereocenters. The second-order valence-corrected chi connectivity index (χ2v) is 6.34. The van der Waals surface area contributed by atoms with Gasteiger partial charge in [-0.05, 0) is 18.9 Å². The summed E-state index contributed by atoms with van der Waals surface area (Å²) in [7, 11) is 0. The van der Waals surface area contributed by atoms with Crippen LogP contribution in [0.5, 0.6) is 0 Å². The largest absolute Gasteiger partial charge is 0.337 e. The zero-order chi connectivity index (χ0) is 18.1. The van der Waals surface area contributed by atoms with Gasteiger partial charge in [-0.1, -0.05) is 30.3 Å². The van der Waals surface area contributed by atoms with Crippen molar-refractivity contribution >= 4 is 16.7 Å². The summed E-state index contributed by atoms with van der Waals surface area (Å²) < 4.78 is 6.53. The number of likely N-dealkylation sites (tertiary alicyclic amines) is 1. The van der Waals surface area contributed by atoms with E-state index < -0.39 is 0 Å². The van der Waals surface area contributed by atoms with Gasteiger partial charge >= 0.3 is 0 Å². The zero-order valence-electron chi connectivity index (χ0n) is 14.5. The van der Waals surface area contributed by atoms with E-state index in [1.165, 1.54) is 4.68 Å². The van der Waals surface area contributed by atoms with Crippen molar-refractivity contribution in [3.63, 3.8) is 0 Å². The Morgan fingerprint density at radius 1 is 1.35 bits per heavy atom. The van der Waals surface area contributed by atoms with E-state index in [2.05, 4.69) is 15.2 Å². The predicted molar refractivity (Wildman–Crippen MR) is 93.4 cm³/mol. The van der Waals surface area contributed by atoms with Crippen LogP contribution in [-0.4, -0.2) is 37.3 Å². The monoisotopic (exact) mass is 353 g/mol. The van der Waals surface area contributed by atoms with E-state index in [4.69, 9.17) is 4.52 Å². The van der Waals surface area contributed by atoms with Gasteiger partial charge in [0.05, 0.1) is 11.6 Å². The second kappa shape index (κ2) is 6.70. The van der Waals surface area contributed by atoms with Crippen LogP contribution in [0.15, 0.2) is 39.8 Å². The van der Waals surface area contributed by atoms with Gasteiger partial charge in [0.25, 0.3) is 5.56 Å². The lowest BCUT2D eigenvalue weighted by atomic mass is 10.2. The summed E-state index contributed by atoms with van der Waals surface area (Å²) in [5.41, 5.74) is -0.266. The van der Waals surface area contributed by atoms with Gasteiger partial charge in [0.2, 0.25) is 11.8 Å². The molecule has 1 aliphatic heterocycles. The van der Waals surface area contributed by atoms with Crippen molar-refractivity contribution < 1.29 is 9.32 Å². The molecule has 8 heteroatoms. The minimum Gasteiger partial charge on any atom is -0.337 e. The number of hydrogen-bond donors (Lipinski definition) is 0. The number of rotatable bonds is 4. The third-order valence-corrected chi connectivity index (χ3v) is 4.71. The molecule has 3 aromatic rings. The summed E-state index contributed by atoms with van der Waals surface area (Å²) >= 11 is 0. The minimum atomic E-state index is -0.266. The van der Waals surface area contributed by atoms with Crippen LogP contribution in [0.2, 0.25) is 0 Å². The van der Waals surface area contributed by atoms with Crippen molar-refractivity contribution in [3.05, 3.63) is 52.5 Å². The highest BCUT2D eigenvalue weighted by Gasteiger charge is 2.34. The molecule has 4 rings (SSSR count). The number of benzene rings is 1. The molecule has 134 valence electrons. The maximum absolute atomic E-state index is 12.8. The summed E-state index contributed by atoms with van der Waals surface area (Å²) in [5.74, 6) is 0.923. The molecular weight excluding hydrogens is 334 g/mol. The highest BCUT2D eigenvalue weighted by molar-refractivity contribution is 5.81. The normalized spacial score (nSPS) is 17.1. The fraction of sp³-hybridized carbons (Fsp3) is 0.389. The minimum absolute atomic E-state index is 0.102. The molecule has 0 N–H and O–H groups in total. The van der Waals surface area contributed by atoms with Gasteiger partial charge in [-0.3, -0.25) is 9.59 Å². The second-order valence-electron chi connectivity index (χ2n) is 6.34. The molecule has 26 heavy (non-hydrogen) atoms. The number of aromatic nitrogens is 4. The number of amides is 1. The average Bonchev–Trinajstić information content (AvgIpc) is 3.33. The standard InChI is InChI=1S/C18H19N5O3/c1-2-15-20-17(26-21-15)14-8-5-9-22(14)16(24)11-23-18(25)13-7-4-3-6-12(13)10-19-23/h3-4,6-7,10,14H,2,5,8-9,11H2,1H3/t14-/m0/s1. The number of carbonyl (C=O) groups excluding carboxylic acids is 1. The fourth-order valence-electron chi connectivity index (χ4n) is 3.33. The SMILES string of the molecule is CCc1noc([C@@H]2CCCN2C(=O)Cn2ncc3ccccc3c2=O)n1. The number of hydrogen-bond acceptors (Lipinski definition) is 6. The number of nitrogens with zero attached hydrogens (tertiary/aromatic N) is 5. The number of carbonyl (C=O) groups is 1.